The van der Waals surface area contributed by atoms with Gasteiger partial charge >= 0.3 is 0 Å². The predicted octanol–water partition coefficient (Wildman–Crippen LogP) is 7.08. The first-order chi connectivity index (χ1) is 15.5. The highest BCUT2D eigenvalue weighted by atomic mass is 32.2. The van der Waals surface area contributed by atoms with Crippen LogP contribution in [-0.2, 0) is 6.54 Å². The fourth-order valence-electron chi connectivity index (χ4n) is 5.48. The molecule has 0 unspecified atom stereocenters. The Balaban J connectivity index is 1.31. The zero-order valence-corrected chi connectivity index (χ0v) is 19.7. The topological polar surface area (TPSA) is 6.48 Å². The lowest BCUT2D eigenvalue weighted by Gasteiger charge is -2.48. The molecule has 0 aromatic heterocycles. The van der Waals surface area contributed by atoms with Gasteiger partial charge in [-0.25, -0.2) is 4.39 Å². The van der Waals surface area contributed by atoms with Crippen LogP contribution in [0.2, 0.25) is 0 Å². The third kappa shape index (κ3) is 4.18. The summed E-state index contributed by atoms with van der Waals surface area (Å²) in [5.74, 6) is 0.964. The molecule has 2 aliphatic heterocycles. The summed E-state index contributed by atoms with van der Waals surface area (Å²) in [5, 5.41) is 0. The molecule has 2 fully saturated rings. The van der Waals surface area contributed by atoms with E-state index in [9.17, 15) is 4.39 Å². The van der Waals surface area contributed by atoms with Crippen LogP contribution in [0.1, 0.15) is 37.3 Å². The third-order valence-electron chi connectivity index (χ3n) is 7.19. The lowest BCUT2D eigenvalue weighted by atomic mass is 9.81. The maximum Gasteiger partial charge on any atom is 0.125 e. The van der Waals surface area contributed by atoms with Crippen molar-refractivity contribution in [2.75, 3.05) is 16.6 Å². The number of anilines is 1. The lowest BCUT2D eigenvalue weighted by molar-refractivity contribution is 0.103. The summed E-state index contributed by atoms with van der Waals surface area (Å²) in [7, 11) is 0. The minimum atomic E-state index is -0.149. The van der Waals surface area contributed by atoms with Crippen molar-refractivity contribution in [3.63, 3.8) is 0 Å². The average Bonchev–Trinajstić information content (AvgIpc) is 3.19. The van der Waals surface area contributed by atoms with E-state index in [1.807, 2.05) is 18.0 Å². The second-order valence-corrected chi connectivity index (χ2v) is 10.4. The van der Waals surface area contributed by atoms with E-state index < -0.39 is 0 Å². The normalized spacial score (nSPS) is 23.7. The van der Waals surface area contributed by atoms with Crippen molar-refractivity contribution in [3.05, 3.63) is 89.7 Å². The Kier molecular flexibility index (Phi) is 6.00. The van der Waals surface area contributed by atoms with Gasteiger partial charge in [0.05, 0.1) is 11.2 Å². The van der Waals surface area contributed by atoms with Gasteiger partial charge in [0.25, 0.3) is 0 Å². The summed E-state index contributed by atoms with van der Waals surface area (Å²) >= 11 is 1.87. The van der Waals surface area contributed by atoms with Crippen molar-refractivity contribution in [1.29, 1.82) is 0 Å². The highest BCUT2D eigenvalue weighted by Crippen LogP contribution is 2.48. The monoisotopic (exact) mass is 446 g/mol. The molecule has 0 bridgehead atoms. The Morgan fingerprint density at radius 2 is 1.84 bits per heavy atom. The van der Waals surface area contributed by atoms with E-state index in [0.717, 1.165) is 37.4 Å². The predicted molar refractivity (Wildman–Crippen MR) is 134 cm³/mol. The first kappa shape index (κ1) is 21.5. The number of aryl methyl sites for hydroxylation is 1. The Morgan fingerprint density at radius 1 is 1.00 bits per heavy atom. The number of benzene rings is 3. The number of halogens is 1. The zero-order valence-electron chi connectivity index (χ0n) is 18.9. The molecule has 4 heteroatoms. The molecule has 2 aliphatic rings. The second-order valence-electron chi connectivity index (χ2n) is 9.37. The summed E-state index contributed by atoms with van der Waals surface area (Å²) in [5.41, 5.74) is 6.45. The van der Waals surface area contributed by atoms with Crippen LogP contribution in [0.3, 0.4) is 0 Å². The Hall–Kier alpha value is -2.30. The van der Waals surface area contributed by atoms with Crippen molar-refractivity contribution in [1.82, 2.24) is 4.90 Å². The zero-order chi connectivity index (χ0) is 22.1. The van der Waals surface area contributed by atoms with Crippen molar-refractivity contribution < 1.29 is 4.39 Å². The van der Waals surface area contributed by atoms with Crippen LogP contribution >= 0.6 is 11.9 Å². The first-order valence-electron chi connectivity index (χ1n) is 11.6. The van der Waals surface area contributed by atoms with Gasteiger partial charge in [0.1, 0.15) is 5.82 Å². The average molecular weight is 447 g/mol. The van der Waals surface area contributed by atoms with Crippen LogP contribution in [0.15, 0.2) is 72.8 Å². The summed E-state index contributed by atoms with van der Waals surface area (Å²) in [6.07, 6.45) is 3.42. The van der Waals surface area contributed by atoms with Gasteiger partial charge in [0, 0.05) is 24.9 Å². The van der Waals surface area contributed by atoms with Crippen molar-refractivity contribution >= 4 is 17.6 Å². The molecule has 2 saturated heterocycles. The smallest absolute Gasteiger partial charge is 0.125 e. The summed E-state index contributed by atoms with van der Waals surface area (Å²) in [6.45, 7) is 6.59. The molecule has 2 nitrogen and oxygen atoms in total. The molecule has 0 radical (unpaired) electrons. The fraction of sp³-hybridized carbons (Fsp3) is 0.357. The fourth-order valence-corrected chi connectivity index (χ4v) is 6.93. The van der Waals surface area contributed by atoms with Gasteiger partial charge < -0.3 is 4.31 Å². The van der Waals surface area contributed by atoms with Gasteiger partial charge in [-0.2, -0.15) is 0 Å². The first-order valence-corrected chi connectivity index (χ1v) is 12.6. The maximum atomic E-state index is 13.9. The standard InChI is InChI=1S/C28H31FN2S/c1-21-7-3-4-12-27(21)24-9-5-8-23(17-24)20-30-15-13-28(19-22(30)2)14-16-32-31(28)26-11-6-10-25(29)18-26/h3-12,17-18,22H,13-16,19-20H2,1-2H3/t22-,28-/m0/s1. The Labute approximate surface area is 195 Å². The Bertz CT molecular complexity index is 1100. The van der Waals surface area contributed by atoms with Crippen molar-refractivity contribution in [2.45, 2.75) is 51.2 Å². The third-order valence-corrected chi connectivity index (χ3v) is 8.44. The van der Waals surface area contributed by atoms with Crippen LogP contribution in [0.5, 0.6) is 0 Å². The molecule has 32 heavy (non-hydrogen) atoms. The van der Waals surface area contributed by atoms with Gasteiger partial charge in [0.2, 0.25) is 0 Å². The lowest BCUT2D eigenvalue weighted by Crippen LogP contribution is -2.54. The molecule has 0 aliphatic carbocycles. The van der Waals surface area contributed by atoms with Crippen LogP contribution in [0.25, 0.3) is 11.1 Å². The molecule has 2 atom stereocenters. The molecular weight excluding hydrogens is 415 g/mol. The second kappa shape index (κ2) is 8.92. The number of hydrogen-bond donors (Lipinski definition) is 0. The number of likely N-dealkylation sites (tertiary alicyclic amines) is 1. The largest absolute Gasteiger partial charge is 0.310 e. The molecule has 166 valence electrons. The minimum Gasteiger partial charge on any atom is -0.310 e. The highest BCUT2D eigenvalue weighted by Gasteiger charge is 2.46. The molecule has 0 saturated carbocycles. The number of nitrogens with zero attached hydrogens (tertiary/aromatic N) is 2. The minimum absolute atomic E-state index is 0.136. The Morgan fingerprint density at radius 3 is 2.66 bits per heavy atom. The number of rotatable bonds is 4. The van der Waals surface area contributed by atoms with Crippen LogP contribution in [-0.4, -0.2) is 28.8 Å². The molecule has 2 heterocycles. The van der Waals surface area contributed by atoms with E-state index in [2.05, 4.69) is 77.6 Å². The van der Waals surface area contributed by atoms with Crippen LogP contribution in [0.4, 0.5) is 10.1 Å². The van der Waals surface area contributed by atoms with Crippen molar-refractivity contribution in [2.24, 2.45) is 0 Å². The molecular formula is C28H31FN2S. The van der Waals surface area contributed by atoms with E-state index in [-0.39, 0.29) is 11.4 Å². The van der Waals surface area contributed by atoms with Gasteiger partial charge in [-0.3, -0.25) is 4.90 Å². The molecule has 0 N–H and O–H groups in total. The van der Waals surface area contributed by atoms with E-state index in [1.165, 1.54) is 34.7 Å². The van der Waals surface area contributed by atoms with Crippen molar-refractivity contribution in [3.8, 4) is 11.1 Å². The van der Waals surface area contributed by atoms with Gasteiger partial charge in [-0.1, -0.05) is 48.5 Å². The van der Waals surface area contributed by atoms with E-state index in [1.54, 1.807) is 6.07 Å². The van der Waals surface area contributed by atoms with E-state index in [4.69, 9.17) is 0 Å². The SMILES string of the molecule is Cc1ccccc1-c1cccc(CN2CC[C@]3(CCSN3c3cccc(F)c3)C[C@@H]2C)c1. The van der Waals surface area contributed by atoms with Gasteiger partial charge in [-0.05, 0) is 91.6 Å². The van der Waals surface area contributed by atoms with E-state index in [0.29, 0.717) is 6.04 Å². The highest BCUT2D eigenvalue weighted by molar-refractivity contribution is 8.01. The van der Waals surface area contributed by atoms with Crippen LogP contribution < -0.4 is 4.31 Å². The summed E-state index contributed by atoms with van der Waals surface area (Å²) in [6, 6.07) is 25.2. The number of piperidine rings is 1. The van der Waals surface area contributed by atoms with Gasteiger partial charge in [-0.15, -0.1) is 0 Å². The summed E-state index contributed by atoms with van der Waals surface area (Å²) in [4.78, 5) is 2.62. The molecule has 3 aromatic rings. The van der Waals surface area contributed by atoms with E-state index >= 15 is 0 Å². The van der Waals surface area contributed by atoms with Gasteiger partial charge in [0.15, 0.2) is 0 Å². The number of hydrogen-bond acceptors (Lipinski definition) is 3. The summed E-state index contributed by atoms with van der Waals surface area (Å²) < 4.78 is 16.3. The maximum absolute atomic E-state index is 13.9. The molecule has 3 aromatic carbocycles. The molecule has 1 spiro atoms. The quantitative estimate of drug-likeness (QED) is 0.395. The molecule has 0 amide bonds. The molecule has 5 rings (SSSR count). The van der Waals surface area contributed by atoms with Crippen LogP contribution in [0, 0.1) is 12.7 Å².